The van der Waals surface area contributed by atoms with Crippen molar-refractivity contribution in [2.45, 2.75) is 19.4 Å². The largest absolute Gasteiger partial charge is 0.497 e. The van der Waals surface area contributed by atoms with Gasteiger partial charge in [-0.15, -0.1) is 0 Å². The molecule has 2 heterocycles. The van der Waals surface area contributed by atoms with E-state index in [-0.39, 0.29) is 5.76 Å². The summed E-state index contributed by atoms with van der Waals surface area (Å²) in [6.45, 7) is 6.00. The number of ether oxygens (including phenoxy) is 1. The number of rotatable bonds is 7. The van der Waals surface area contributed by atoms with Crippen molar-refractivity contribution in [3.8, 4) is 5.75 Å². The van der Waals surface area contributed by atoms with E-state index in [9.17, 15) is 4.79 Å². The molecule has 0 radical (unpaired) electrons. The van der Waals surface area contributed by atoms with Crippen LogP contribution in [-0.4, -0.2) is 49.3 Å². The van der Waals surface area contributed by atoms with Crippen LogP contribution in [0.2, 0.25) is 0 Å². The van der Waals surface area contributed by atoms with E-state index < -0.39 is 0 Å². The maximum atomic E-state index is 12.0. The van der Waals surface area contributed by atoms with Gasteiger partial charge in [-0.05, 0) is 55.8 Å². The lowest BCUT2D eigenvalue weighted by atomic mass is 10.2. The Balaban J connectivity index is 1.22. The van der Waals surface area contributed by atoms with E-state index >= 15 is 0 Å². The van der Waals surface area contributed by atoms with Crippen LogP contribution in [0, 0.1) is 0 Å². The van der Waals surface area contributed by atoms with Crippen LogP contribution in [0.5, 0.6) is 5.75 Å². The molecule has 148 valence electrons. The SMILES string of the molecule is COc1ccc(N2CCN(CCCCn3c(=O)oc4ccccc43)CC2)cc1. The normalized spacial score (nSPS) is 15.2. The second-order valence-corrected chi connectivity index (χ2v) is 7.22. The molecular formula is C22H27N3O3. The Labute approximate surface area is 164 Å². The van der Waals surface area contributed by atoms with Crippen LogP contribution in [0.4, 0.5) is 5.69 Å². The average Bonchev–Trinajstić information content (AvgIpc) is 3.07. The fourth-order valence-electron chi connectivity index (χ4n) is 3.85. The Bertz CT molecular complexity index is 953. The highest BCUT2D eigenvalue weighted by Gasteiger charge is 2.17. The van der Waals surface area contributed by atoms with Crippen LogP contribution in [-0.2, 0) is 6.54 Å². The molecule has 6 heteroatoms. The molecule has 0 bridgehead atoms. The number of unbranched alkanes of at least 4 members (excludes halogenated alkanes) is 1. The summed E-state index contributed by atoms with van der Waals surface area (Å²) in [4.78, 5) is 17.0. The van der Waals surface area contributed by atoms with Crippen molar-refractivity contribution in [1.29, 1.82) is 0 Å². The summed E-state index contributed by atoms with van der Waals surface area (Å²) >= 11 is 0. The first kappa shape index (κ1) is 18.6. The molecule has 0 aliphatic carbocycles. The van der Waals surface area contributed by atoms with Crippen molar-refractivity contribution in [2.75, 3.05) is 44.7 Å². The van der Waals surface area contributed by atoms with E-state index in [2.05, 4.69) is 21.9 Å². The Morgan fingerprint density at radius 2 is 1.64 bits per heavy atom. The number of piperazine rings is 1. The molecule has 3 aromatic rings. The molecule has 1 aliphatic heterocycles. The maximum absolute atomic E-state index is 12.0. The van der Waals surface area contributed by atoms with Crippen molar-refractivity contribution < 1.29 is 9.15 Å². The third-order valence-corrected chi connectivity index (χ3v) is 5.49. The average molecular weight is 381 g/mol. The molecule has 1 saturated heterocycles. The lowest BCUT2D eigenvalue weighted by Gasteiger charge is -2.36. The van der Waals surface area contributed by atoms with E-state index in [4.69, 9.17) is 9.15 Å². The van der Waals surface area contributed by atoms with E-state index in [0.717, 1.165) is 56.8 Å². The van der Waals surface area contributed by atoms with Crippen molar-refractivity contribution in [3.63, 3.8) is 0 Å². The zero-order chi connectivity index (χ0) is 19.3. The van der Waals surface area contributed by atoms with Gasteiger partial charge in [0.2, 0.25) is 0 Å². The van der Waals surface area contributed by atoms with Crippen LogP contribution >= 0.6 is 0 Å². The number of benzene rings is 2. The predicted octanol–water partition coefficient (Wildman–Crippen LogP) is 3.21. The highest BCUT2D eigenvalue weighted by molar-refractivity contribution is 5.72. The maximum Gasteiger partial charge on any atom is 0.419 e. The number of methoxy groups -OCH3 is 1. The minimum Gasteiger partial charge on any atom is -0.497 e. The van der Waals surface area contributed by atoms with Gasteiger partial charge >= 0.3 is 5.76 Å². The number of aromatic nitrogens is 1. The third kappa shape index (κ3) is 4.07. The zero-order valence-electron chi connectivity index (χ0n) is 16.3. The summed E-state index contributed by atoms with van der Waals surface area (Å²) < 4.78 is 12.3. The number of hydrogen-bond donors (Lipinski definition) is 0. The molecule has 1 fully saturated rings. The van der Waals surface area contributed by atoms with Gasteiger partial charge in [0.05, 0.1) is 12.6 Å². The van der Waals surface area contributed by atoms with Gasteiger partial charge in [-0.25, -0.2) is 4.79 Å². The fraction of sp³-hybridized carbons (Fsp3) is 0.409. The molecule has 0 saturated carbocycles. The topological polar surface area (TPSA) is 50.9 Å². The number of anilines is 1. The number of hydrogen-bond acceptors (Lipinski definition) is 5. The van der Waals surface area contributed by atoms with Crippen LogP contribution in [0.15, 0.2) is 57.7 Å². The summed E-state index contributed by atoms with van der Waals surface area (Å²) in [7, 11) is 1.69. The number of oxazole rings is 1. The smallest absolute Gasteiger partial charge is 0.419 e. The number of aryl methyl sites for hydroxylation is 1. The van der Waals surface area contributed by atoms with Gasteiger partial charge in [-0.2, -0.15) is 0 Å². The lowest BCUT2D eigenvalue weighted by Crippen LogP contribution is -2.46. The molecule has 28 heavy (non-hydrogen) atoms. The van der Waals surface area contributed by atoms with Crippen LogP contribution < -0.4 is 15.4 Å². The van der Waals surface area contributed by atoms with E-state index in [1.54, 1.807) is 11.7 Å². The Morgan fingerprint density at radius 1 is 0.929 bits per heavy atom. The van der Waals surface area contributed by atoms with Crippen molar-refractivity contribution in [1.82, 2.24) is 9.47 Å². The van der Waals surface area contributed by atoms with E-state index in [0.29, 0.717) is 12.1 Å². The Morgan fingerprint density at radius 3 is 2.39 bits per heavy atom. The van der Waals surface area contributed by atoms with Gasteiger partial charge in [0, 0.05) is 38.4 Å². The Hall–Kier alpha value is -2.73. The first-order valence-electron chi connectivity index (χ1n) is 9.94. The van der Waals surface area contributed by atoms with E-state index in [1.807, 2.05) is 36.4 Å². The van der Waals surface area contributed by atoms with E-state index in [1.165, 1.54) is 5.69 Å². The first-order valence-corrected chi connectivity index (χ1v) is 9.94. The molecular weight excluding hydrogens is 354 g/mol. The second-order valence-electron chi connectivity index (χ2n) is 7.22. The number of nitrogens with zero attached hydrogens (tertiary/aromatic N) is 3. The lowest BCUT2D eigenvalue weighted by molar-refractivity contribution is 0.251. The summed E-state index contributed by atoms with van der Waals surface area (Å²) in [5, 5.41) is 0. The molecule has 0 atom stereocenters. The fourth-order valence-corrected chi connectivity index (χ4v) is 3.85. The minimum absolute atomic E-state index is 0.255. The van der Waals surface area contributed by atoms with Crippen molar-refractivity contribution in [2.24, 2.45) is 0 Å². The zero-order valence-corrected chi connectivity index (χ0v) is 16.3. The highest BCUT2D eigenvalue weighted by atomic mass is 16.5. The molecule has 0 spiro atoms. The monoisotopic (exact) mass is 381 g/mol. The number of fused-ring (bicyclic) bond motifs is 1. The molecule has 0 N–H and O–H groups in total. The van der Waals surface area contributed by atoms with Gasteiger partial charge in [0.1, 0.15) is 5.75 Å². The highest BCUT2D eigenvalue weighted by Crippen LogP contribution is 2.20. The van der Waals surface area contributed by atoms with Crippen molar-refractivity contribution in [3.05, 3.63) is 59.1 Å². The second kappa shape index (κ2) is 8.52. The van der Waals surface area contributed by atoms with Crippen molar-refractivity contribution >= 4 is 16.8 Å². The van der Waals surface area contributed by atoms with Gasteiger partial charge in [0.15, 0.2) is 5.58 Å². The third-order valence-electron chi connectivity index (χ3n) is 5.49. The van der Waals surface area contributed by atoms with Crippen LogP contribution in [0.25, 0.3) is 11.1 Å². The molecule has 0 amide bonds. The van der Waals surface area contributed by atoms with Gasteiger partial charge in [0.25, 0.3) is 0 Å². The first-order chi connectivity index (χ1) is 13.7. The van der Waals surface area contributed by atoms with Gasteiger partial charge in [-0.3, -0.25) is 9.47 Å². The van der Waals surface area contributed by atoms with Gasteiger partial charge in [-0.1, -0.05) is 12.1 Å². The molecule has 4 rings (SSSR count). The predicted molar refractivity (Wildman–Crippen MR) is 111 cm³/mol. The minimum atomic E-state index is -0.255. The molecule has 0 unspecified atom stereocenters. The van der Waals surface area contributed by atoms with Crippen LogP contribution in [0.1, 0.15) is 12.8 Å². The summed E-state index contributed by atoms with van der Waals surface area (Å²) in [5.41, 5.74) is 2.81. The quantitative estimate of drug-likeness (QED) is 0.588. The summed E-state index contributed by atoms with van der Waals surface area (Å²) in [5.74, 6) is 0.640. The summed E-state index contributed by atoms with van der Waals surface area (Å²) in [6, 6.07) is 15.9. The Kier molecular flexibility index (Phi) is 5.67. The number of para-hydroxylation sites is 2. The molecule has 1 aliphatic rings. The van der Waals surface area contributed by atoms with Crippen LogP contribution in [0.3, 0.4) is 0 Å². The molecule has 6 nitrogen and oxygen atoms in total. The molecule has 1 aromatic heterocycles. The standard InChI is InChI=1S/C22H27N3O3/c1-27-19-10-8-18(9-11-19)24-16-14-23(15-17-24)12-4-5-13-25-20-6-2-3-7-21(20)28-22(25)26/h2-3,6-11H,4-5,12-17H2,1H3. The molecule has 2 aromatic carbocycles. The summed E-state index contributed by atoms with van der Waals surface area (Å²) in [6.07, 6.45) is 2.05. The van der Waals surface area contributed by atoms with Gasteiger partial charge < -0.3 is 14.1 Å².